The van der Waals surface area contributed by atoms with Crippen LogP contribution in [0.25, 0.3) is 0 Å². The highest BCUT2D eigenvalue weighted by Gasteiger charge is 2.19. The fourth-order valence-corrected chi connectivity index (χ4v) is 3.43. The van der Waals surface area contributed by atoms with Crippen molar-refractivity contribution in [3.63, 3.8) is 0 Å². The molecule has 1 fully saturated rings. The first-order chi connectivity index (χ1) is 9.74. The molecule has 1 amide bonds. The Morgan fingerprint density at radius 3 is 3.10 bits per heavy atom. The van der Waals surface area contributed by atoms with Gasteiger partial charge in [-0.15, -0.1) is 11.3 Å². The number of hydrogen-bond acceptors (Lipinski definition) is 4. The second-order valence-corrected chi connectivity index (χ2v) is 6.12. The van der Waals surface area contributed by atoms with Crippen molar-refractivity contribution in [2.75, 3.05) is 11.9 Å². The van der Waals surface area contributed by atoms with Crippen LogP contribution in [0, 0.1) is 0 Å². The summed E-state index contributed by atoms with van der Waals surface area (Å²) in [6, 6.07) is 7.75. The second-order valence-electron chi connectivity index (χ2n) is 4.65. The first-order valence-corrected chi connectivity index (χ1v) is 7.68. The van der Waals surface area contributed by atoms with E-state index in [1.165, 1.54) is 22.6 Å². The third-order valence-electron chi connectivity index (χ3n) is 3.26. The lowest BCUT2D eigenvalue weighted by Gasteiger charge is -2.06. The van der Waals surface area contributed by atoms with Gasteiger partial charge in [0.1, 0.15) is 0 Å². The van der Waals surface area contributed by atoms with Gasteiger partial charge in [-0.1, -0.05) is 11.6 Å². The van der Waals surface area contributed by atoms with Crippen LogP contribution in [-0.4, -0.2) is 17.4 Å². The number of carbonyl (C=O) groups is 1. The molecule has 1 saturated heterocycles. The Bertz CT molecular complexity index is 622. The van der Waals surface area contributed by atoms with E-state index in [2.05, 4.69) is 15.6 Å². The van der Waals surface area contributed by atoms with E-state index in [1.54, 1.807) is 18.3 Å². The van der Waals surface area contributed by atoms with Gasteiger partial charge in [-0.3, -0.25) is 4.79 Å². The Morgan fingerprint density at radius 1 is 1.45 bits per heavy atom. The predicted molar refractivity (Wildman–Crippen MR) is 81.5 cm³/mol. The van der Waals surface area contributed by atoms with Crippen molar-refractivity contribution in [3.8, 4) is 0 Å². The molecular formula is C14H14ClN3OS. The van der Waals surface area contributed by atoms with E-state index in [-0.39, 0.29) is 5.91 Å². The highest BCUT2D eigenvalue weighted by atomic mass is 35.5. The van der Waals surface area contributed by atoms with E-state index in [1.807, 2.05) is 12.1 Å². The van der Waals surface area contributed by atoms with Gasteiger partial charge in [0, 0.05) is 17.1 Å². The molecule has 0 saturated carbocycles. The van der Waals surface area contributed by atoms with E-state index < -0.39 is 0 Å². The molecule has 6 heteroatoms. The third kappa shape index (κ3) is 2.85. The van der Waals surface area contributed by atoms with Crippen LogP contribution >= 0.6 is 22.9 Å². The molecule has 0 spiro atoms. The average Bonchev–Trinajstić information content (AvgIpc) is 3.11. The van der Waals surface area contributed by atoms with Crippen LogP contribution in [0.2, 0.25) is 5.15 Å². The molecular weight excluding hydrogens is 294 g/mol. The molecule has 3 heterocycles. The van der Waals surface area contributed by atoms with Gasteiger partial charge in [0.2, 0.25) is 0 Å². The Hall–Kier alpha value is -1.43. The standard InChI is InChI=1S/C14H14ClN3OS/c15-13-10(4-2-8-17-13)18-14(19)12-6-5-11(20-12)9-3-1-7-16-9/h2,4-6,8-9,16H,1,3,7H2,(H,18,19). The topological polar surface area (TPSA) is 54.0 Å². The number of aromatic nitrogens is 1. The number of amides is 1. The number of halogens is 1. The number of anilines is 1. The zero-order valence-corrected chi connectivity index (χ0v) is 12.3. The second kappa shape index (κ2) is 5.91. The van der Waals surface area contributed by atoms with Crippen LogP contribution in [0.3, 0.4) is 0 Å². The zero-order valence-electron chi connectivity index (χ0n) is 10.7. The van der Waals surface area contributed by atoms with Crippen LogP contribution in [0.1, 0.15) is 33.4 Å². The van der Waals surface area contributed by atoms with E-state index in [0.29, 0.717) is 21.8 Å². The minimum absolute atomic E-state index is 0.144. The van der Waals surface area contributed by atoms with Gasteiger partial charge in [0.05, 0.1) is 10.6 Å². The molecule has 4 nitrogen and oxygen atoms in total. The maximum Gasteiger partial charge on any atom is 0.265 e. The molecule has 2 aromatic rings. The Balaban J connectivity index is 1.73. The Morgan fingerprint density at radius 2 is 2.35 bits per heavy atom. The highest BCUT2D eigenvalue weighted by Crippen LogP contribution is 2.30. The van der Waals surface area contributed by atoms with Gasteiger partial charge in [-0.05, 0) is 43.7 Å². The fourth-order valence-electron chi connectivity index (χ4n) is 2.25. The van der Waals surface area contributed by atoms with Gasteiger partial charge < -0.3 is 10.6 Å². The van der Waals surface area contributed by atoms with E-state index in [0.717, 1.165) is 13.0 Å². The number of rotatable bonds is 3. The number of carbonyl (C=O) groups excluding carboxylic acids is 1. The summed E-state index contributed by atoms with van der Waals surface area (Å²) in [6.07, 6.45) is 3.92. The van der Waals surface area contributed by atoms with Crippen molar-refractivity contribution in [1.29, 1.82) is 0 Å². The summed E-state index contributed by atoms with van der Waals surface area (Å²) >= 11 is 7.46. The van der Waals surface area contributed by atoms with E-state index >= 15 is 0 Å². The average molecular weight is 308 g/mol. The molecule has 0 radical (unpaired) electrons. The molecule has 1 atom stereocenters. The van der Waals surface area contributed by atoms with Crippen molar-refractivity contribution in [2.45, 2.75) is 18.9 Å². The third-order valence-corrected chi connectivity index (χ3v) is 4.76. The van der Waals surface area contributed by atoms with Gasteiger partial charge in [0.15, 0.2) is 5.15 Å². The van der Waals surface area contributed by atoms with Gasteiger partial charge in [0.25, 0.3) is 5.91 Å². The van der Waals surface area contributed by atoms with Crippen LogP contribution in [0.4, 0.5) is 5.69 Å². The van der Waals surface area contributed by atoms with Crippen LogP contribution in [0.15, 0.2) is 30.5 Å². The van der Waals surface area contributed by atoms with Crippen molar-refractivity contribution >= 4 is 34.5 Å². The molecule has 1 unspecified atom stereocenters. The molecule has 2 N–H and O–H groups in total. The molecule has 20 heavy (non-hydrogen) atoms. The maximum atomic E-state index is 12.2. The summed E-state index contributed by atoms with van der Waals surface area (Å²) in [6.45, 7) is 1.05. The monoisotopic (exact) mass is 307 g/mol. The number of thiophene rings is 1. The first kappa shape index (κ1) is 13.5. The fraction of sp³-hybridized carbons (Fsp3) is 0.286. The van der Waals surface area contributed by atoms with Gasteiger partial charge in [-0.2, -0.15) is 0 Å². The lowest BCUT2D eigenvalue weighted by atomic mass is 10.2. The molecule has 104 valence electrons. The number of nitrogens with zero attached hydrogens (tertiary/aromatic N) is 1. The molecule has 0 aliphatic carbocycles. The number of nitrogens with one attached hydrogen (secondary N) is 2. The zero-order chi connectivity index (χ0) is 13.9. The Labute approximate surface area is 126 Å². The van der Waals surface area contributed by atoms with Crippen LogP contribution in [-0.2, 0) is 0 Å². The summed E-state index contributed by atoms with van der Waals surface area (Å²) in [5, 5.41) is 6.52. The van der Waals surface area contributed by atoms with Crippen molar-refractivity contribution in [3.05, 3.63) is 45.4 Å². The SMILES string of the molecule is O=C(Nc1cccnc1Cl)c1ccc(C2CCCN2)s1. The van der Waals surface area contributed by atoms with Crippen molar-refractivity contribution in [1.82, 2.24) is 10.3 Å². The smallest absolute Gasteiger partial charge is 0.265 e. The summed E-state index contributed by atoms with van der Waals surface area (Å²) in [4.78, 5) is 18.0. The lowest BCUT2D eigenvalue weighted by molar-refractivity contribution is 0.103. The summed E-state index contributed by atoms with van der Waals surface area (Å²) < 4.78 is 0. The number of hydrogen-bond donors (Lipinski definition) is 2. The van der Waals surface area contributed by atoms with Crippen LogP contribution < -0.4 is 10.6 Å². The molecule has 0 bridgehead atoms. The molecule has 0 aromatic carbocycles. The highest BCUT2D eigenvalue weighted by molar-refractivity contribution is 7.14. The van der Waals surface area contributed by atoms with Crippen molar-refractivity contribution in [2.24, 2.45) is 0 Å². The van der Waals surface area contributed by atoms with Gasteiger partial charge in [-0.25, -0.2) is 4.98 Å². The molecule has 2 aromatic heterocycles. The van der Waals surface area contributed by atoms with Gasteiger partial charge >= 0.3 is 0 Å². The lowest BCUT2D eigenvalue weighted by Crippen LogP contribution is -2.12. The summed E-state index contributed by atoms with van der Waals surface area (Å²) in [5.74, 6) is -0.144. The summed E-state index contributed by atoms with van der Waals surface area (Å²) in [7, 11) is 0. The quantitative estimate of drug-likeness (QED) is 0.854. The van der Waals surface area contributed by atoms with E-state index in [9.17, 15) is 4.79 Å². The maximum absolute atomic E-state index is 12.2. The molecule has 3 rings (SSSR count). The van der Waals surface area contributed by atoms with E-state index in [4.69, 9.17) is 11.6 Å². The summed E-state index contributed by atoms with van der Waals surface area (Å²) in [5.41, 5.74) is 0.535. The minimum Gasteiger partial charge on any atom is -0.319 e. The predicted octanol–water partition coefficient (Wildman–Crippen LogP) is 3.47. The molecule has 1 aliphatic heterocycles. The Kier molecular flexibility index (Phi) is 4.00. The largest absolute Gasteiger partial charge is 0.319 e. The molecule has 1 aliphatic rings. The number of pyridine rings is 1. The minimum atomic E-state index is -0.144. The van der Waals surface area contributed by atoms with Crippen molar-refractivity contribution < 1.29 is 4.79 Å². The first-order valence-electron chi connectivity index (χ1n) is 6.49. The van der Waals surface area contributed by atoms with Crippen LogP contribution in [0.5, 0.6) is 0 Å². The normalized spacial score (nSPS) is 18.1.